The van der Waals surface area contributed by atoms with E-state index in [1.54, 1.807) is 24.7 Å². The van der Waals surface area contributed by atoms with Crippen molar-refractivity contribution in [2.45, 2.75) is 13.0 Å². The molecule has 4 aromatic rings. The van der Waals surface area contributed by atoms with Gasteiger partial charge in [-0.15, -0.1) is 0 Å². The number of nitrogens with zero attached hydrogens (tertiary/aromatic N) is 2. The first-order valence-electron chi connectivity index (χ1n) is 9.42. The van der Waals surface area contributed by atoms with Crippen LogP contribution in [0.1, 0.15) is 28.9 Å². The summed E-state index contributed by atoms with van der Waals surface area (Å²) in [7, 11) is 0. The molecule has 1 aromatic heterocycles. The minimum absolute atomic E-state index is 0.149. The van der Waals surface area contributed by atoms with Crippen molar-refractivity contribution in [1.29, 1.82) is 0 Å². The fraction of sp³-hybridized carbons (Fsp3) is 0.0833. The Hall–Kier alpha value is -3.86. The number of ether oxygens (including phenoxy) is 1. The van der Waals surface area contributed by atoms with Gasteiger partial charge in [0.05, 0.1) is 17.9 Å². The second kappa shape index (κ2) is 8.44. The zero-order valence-electron chi connectivity index (χ0n) is 16.0. The van der Waals surface area contributed by atoms with Gasteiger partial charge in [0, 0.05) is 18.1 Å². The standard InChI is InChI=1S/C24H21N3O2/c1-18(19-11-13-20(14-12-19)27-16-15-25-17-27)26-24(28)22-9-5-6-10-23(22)29-21-7-3-2-4-8-21/h2-18H,1H3,(H,26,28)/t18-/m1/s1. The normalized spacial score (nSPS) is 11.6. The lowest BCUT2D eigenvalue weighted by Gasteiger charge is -2.17. The van der Waals surface area contributed by atoms with E-state index in [9.17, 15) is 4.79 Å². The van der Waals surface area contributed by atoms with Gasteiger partial charge in [0.2, 0.25) is 0 Å². The summed E-state index contributed by atoms with van der Waals surface area (Å²) in [5.74, 6) is 1.04. The molecule has 5 heteroatoms. The molecule has 0 aliphatic heterocycles. The van der Waals surface area contributed by atoms with Gasteiger partial charge in [-0.3, -0.25) is 4.79 Å². The minimum atomic E-state index is -0.178. The maximum absolute atomic E-state index is 12.9. The monoisotopic (exact) mass is 383 g/mol. The summed E-state index contributed by atoms with van der Waals surface area (Å²) in [5.41, 5.74) is 2.54. The van der Waals surface area contributed by atoms with Crippen molar-refractivity contribution in [3.05, 3.63) is 109 Å². The molecule has 3 aromatic carbocycles. The summed E-state index contributed by atoms with van der Waals surface area (Å²) in [6, 6.07) is 24.6. The molecule has 0 bridgehead atoms. The van der Waals surface area contributed by atoms with Crippen LogP contribution in [0.5, 0.6) is 11.5 Å². The smallest absolute Gasteiger partial charge is 0.255 e. The Labute approximate surface area is 169 Å². The number of benzene rings is 3. The van der Waals surface area contributed by atoms with E-state index in [4.69, 9.17) is 4.74 Å². The quantitative estimate of drug-likeness (QED) is 0.501. The molecule has 1 heterocycles. The molecule has 144 valence electrons. The number of carbonyl (C=O) groups excluding carboxylic acids is 1. The highest BCUT2D eigenvalue weighted by Crippen LogP contribution is 2.26. The van der Waals surface area contributed by atoms with Crippen LogP contribution in [-0.2, 0) is 0 Å². The summed E-state index contributed by atoms with van der Waals surface area (Å²) < 4.78 is 7.84. The number of para-hydroxylation sites is 2. The van der Waals surface area contributed by atoms with Crippen LogP contribution in [0.3, 0.4) is 0 Å². The predicted molar refractivity (Wildman–Crippen MR) is 112 cm³/mol. The van der Waals surface area contributed by atoms with Crippen molar-refractivity contribution < 1.29 is 9.53 Å². The van der Waals surface area contributed by atoms with Gasteiger partial charge >= 0.3 is 0 Å². The molecule has 0 saturated carbocycles. The van der Waals surface area contributed by atoms with E-state index in [1.165, 1.54) is 0 Å². The Balaban J connectivity index is 1.48. The SMILES string of the molecule is C[C@@H](NC(=O)c1ccccc1Oc1ccccc1)c1ccc(-n2ccnc2)cc1. The predicted octanol–water partition coefficient (Wildman–Crippen LogP) is 5.16. The van der Waals surface area contributed by atoms with Gasteiger partial charge in [-0.2, -0.15) is 0 Å². The van der Waals surface area contributed by atoms with E-state index in [0.717, 1.165) is 11.3 Å². The average molecular weight is 383 g/mol. The first-order chi connectivity index (χ1) is 14.2. The molecule has 0 fully saturated rings. The van der Waals surface area contributed by atoms with Crippen molar-refractivity contribution in [3.8, 4) is 17.2 Å². The van der Waals surface area contributed by atoms with Crippen molar-refractivity contribution >= 4 is 5.91 Å². The molecule has 0 unspecified atom stereocenters. The van der Waals surface area contributed by atoms with Gasteiger partial charge in [0.25, 0.3) is 5.91 Å². The van der Waals surface area contributed by atoms with Crippen molar-refractivity contribution in [3.63, 3.8) is 0 Å². The maximum atomic E-state index is 12.9. The number of imidazole rings is 1. The summed E-state index contributed by atoms with van der Waals surface area (Å²) in [5, 5.41) is 3.05. The van der Waals surface area contributed by atoms with E-state index < -0.39 is 0 Å². The number of aromatic nitrogens is 2. The first kappa shape index (κ1) is 18.5. The fourth-order valence-electron chi connectivity index (χ4n) is 3.06. The number of carbonyl (C=O) groups is 1. The maximum Gasteiger partial charge on any atom is 0.255 e. The summed E-state index contributed by atoms with van der Waals surface area (Å²) in [4.78, 5) is 17.0. The highest BCUT2D eigenvalue weighted by Gasteiger charge is 2.16. The molecule has 0 saturated heterocycles. The van der Waals surface area contributed by atoms with Gasteiger partial charge in [-0.1, -0.05) is 42.5 Å². The number of rotatable bonds is 6. The van der Waals surface area contributed by atoms with Crippen molar-refractivity contribution in [2.75, 3.05) is 0 Å². The van der Waals surface area contributed by atoms with Gasteiger partial charge in [-0.05, 0) is 48.9 Å². The van der Waals surface area contributed by atoms with Gasteiger partial charge < -0.3 is 14.6 Å². The molecule has 29 heavy (non-hydrogen) atoms. The number of hydrogen-bond donors (Lipinski definition) is 1. The Bertz CT molecular complexity index is 1070. The molecular formula is C24H21N3O2. The Kier molecular flexibility index (Phi) is 5.38. The molecule has 0 radical (unpaired) electrons. The Morgan fingerprint density at radius 2 is 1.69 bits per heavy atom. The van der Waals surface area contributed by atoms with Gasteiger partial charge in [0.15, 0.2) is 0 Å². The average Bonchev–Trinajstić information content (AvgIpc) is 3.30. The van der Waals surface area contributed by atoms with E-state index in [-0.39, 0.29) is 11.9 Å². The van der Waals surface area contributed by atoms with Gasteiger partial charge in [0.1, 0.15) is 11.5 Å². The second-order valence-corrected chi connectivity index (χ2v) is 6.67. The molecular weight excluding hydrogens is 362 g/mol. The summed E-state index contributed by atoms with van der Waals surface area (Å²) in [6.45, 7) is 1.96. The van der Waals surface area contributed by atoms with Crippen LogP contribution < -0.4 is 10.1 Å². The molecule has 4 rings (SSSR count). The topological polar surface area (TPSA) is 56.1 Å². The number of nitrogens with one attached hydrogen (secondary N) is 1. The summed E-state index contributed by atoms with van der Waals surface area (Å²) in [6.07, 6.45) is 5.39. The van der Waals surface area contributed by atoms with Crippen LogP contribution in [0.2, 0.25) is 0 Å². The molecule has 5 nitrogen and oxygen atoms in total. The van der Waals surface area contributed by atoms with Crippen LogP contribution in [0.25, 0.3) is 5.69 Å². The number of amides is 1. The number of hydrogen-bond acceptors (Lipinski definition) is 3. The van der Waals surface area contributed by atoms with E-state index in [0.29, 0.717) is 17.1 Å². The molecule has 1 N–H and O–H groups in total. The zero-order valence-corrected chi connectivity index (χ0v) is 16.0. The third-order valence-corrected chi connectivity index (χ3v) is 4.65. The van der Waals surface area contributed by atoms with Crippen molar-refractivity contribution in [1.82, 2.24) is 14.9 Å². The molecule has 0 aliphatic rings. The zero-order chi connectivity index (χ0) is 20.1. The third kappa shape index (κ3) is 4.35. The lowest BCUT2D eigenvalue weighted by atomic mass is 10.1. The highest BCUT2D eigenvalue weighted by atomic mass is 16.5. The first-order valence-corrected chi connectivity index (χ1v) is 9.42. The van der Waals surface area contributed by atoms with Crippen LogP contribution in [0, 0.1) is 0 Å². The van der Waals surface area contributed by atoms with Crippen molar-refractivity contribution in [2.24, 2.45) is 0 Å². The molecule has 0 spiro atoms. The minimum Gasteiger partial charge on any atom is -0.457 e. The van der Waals surface area contributed by atoms with Gasteiger partial charge in [-0.25, -0.2) is 4.98 Å². The summed E-state index contributed by atoms with van der Waals surface area (Å²) >= 11 is 0. The van der Waals surface area contributed by atoms with E-state index in [1.807, 2.05) is 84.4 Å². The largest absolute Gasteiger partial charge is 0.457 e. The lowest BCUT2D eigenvalue weighted by molar-refractivity contribution is 0.0937. The molecule has 1 amide bonds. The van der Waals surface area contributed by atoms with Crippen LogP contribution in [0.4, 0.5) is 0 Å². The van der Waals surface area contributed by atoms with Crippen LogP contribution in [0.15, 0.2) is 97.6 Å². The Morgan fingerprint density at radius 3 is 2.41 bits per heavy atom. The lowest BCUT2D eigenvalue weighted by Crippen LogP contribution is -2.27. The fourth-order valence-corrected chi connectivity index (χ4v) is 3.06. The third-order valence-electron chi connectivity index (χ3n) is 4.65. The highest BCUT2D eigenvalue weighted by molar-refractivity contribution is 5.97. The van der Waals surface area contributed by atoms with E-state index in [2.05, 4.69) is 10.3 Å². The van der Waals surface area contributed by atoms with E-state index >= 15 is 0 Å². The molecule has 1 atom stereocenters. The Morgan fingerprint density at radius 1 is 0.966 bits per heavy atom. The molecule has 0 aliphatic carbocycles. The van der Waals surface area contributed by atoms with Crippen LogP contribution in [-0.4, -0.2) is 15.5 Å². The second-order valence-electron chi connectivity index (χ2n) is 6.67. The van der Waals surface area contributed by atoms with Crippen LogP contribution >= 0.6 is 0 Å².